The maximum atomic E-state index is 12.5. The SMILES string of the molecule is CN(C)C(C)(C)CNC(=O)C1(c2ccc(N)cc2)CC1. The summed E-state index contributed by atoms with van der Waals surface area (Å²) in [6.07, 6.45) is 1.84. The molecule has 4 heteroatoms. The Hall–Kier alpha value is -1.55. The van der Waals surface area contributed by atoms with Gasteiger partial charge in [-0.2, -0.15) is 0 Å². The maximum Gasteiger partial charge on any atom is 0.230 e. The molecule has 0 atom stereocenters. The van der Waals surface area contributed by atoms with Crippen LogP contribution in [-0.2, 0) is 10.2 Å². The van der Waals surface area contributed by atoms with Crippen molar-refractivity contribution in [2.24, 2.45) is 0 Å². The highest BCUT2D eigenvalue weighted by molar-refractivity contribution is 5.91. The Balaban J connectivity index is 2.04. The van der Waals surface area contributed by atoms with Crippen LogP contribution >= 0.6 is 0 Å². The lowest BCUT2D eigenvalue weighted by atomic mass is 9.94. The number of nitrogens with two attached hydrogens (primary N) is 1. The van der Waals surface area contributed by atoms with Gasteiger partial charge in [0.25, 0.3) is 0 Å². The Kier molecular flexibility index (Phi) is 3.78. The molecule has 0 spiro atoms. The van der Waals surface area contributed by atoms with Crippen molar-refractivity contribution >= 4 is 11.6 Å². The standard InChI is InChI=1S/C16H25N3O/c1-15(2,19(3)4)11-18-14(20)16(9-10-16)12-5-7-13(17)8-6-12/h5-8H,9-11,17H2,1-4H3,(H,18,20). The molecule has 1 aromatic rings. The van der Waals surface area contributed by atoms with Gasteiger partial charge in [0.1, 0.15) is 0 Å². The molecular formula is C16H25N3O. The normalized spacial score (nSPS) is 17.1. The Morgan fingerprint density at radius 2 is 1.85 bits per heavy atom. The largest absolute Gasteiger partial charge is 0.399 e. The number of nitrogens with zero attached hydrogens (tertiary/aromatic N) is 1. The van der Waals surface area contributed by atoms with Gasteiger partial charge in [-0.25, -0.2) is 0 Å². The van der Waals surface area contributed by atoms with Crippen LogP contribution in [0.3, 0.4) is 0 Å². The average molecular weight is 275 g/mol. The third-order valence-corrected chi connectivity index (χ3v) is 4.54. The summed E-state index contributed by atoms with van der Waals surface area (Å²) < 4.78 is 0. The molecule has 20 heavy (non-hydrogen) atoms. The van der Waals surface area contributed by atoms with E-state index in [1.165, 1.54) is 0 Å². The van der Waals surface area contributed by atoms with Crippen LogP contribution in [0.4, 0.5) is 5.69 Å². The van der Waals surface area contributed by atoms with E-state index in [-0.39, 0.29) is 16.9 Å². The van der Waals surface area contributed by atoms with Crippen LogP contribution in [0.2, 0.25) is 0 Å². The van der Waals surface area contributed by atoms with Gasteiger partial charge >= 0.3 is 0 Å². The number of hydrogen-bond donors (Lipinski definition) is 2. The minimum Gasteiger partial charge on any atom is -0.399 e. The van der Waals surface area contributed by atoms with Crippen LogP contribution in [-0.4, -0.2) is 37.0 Å². The lowest BCUT2D eigenvalue weighted by molar-refractivity contribution is -0.124. The number of hydrogen-bond acceptors (Lipinski definition) is 3. The highest BCUT2D eigenvalue weighted by Gasteiger charge is 2.51. The zero-order valence-electron chi connectivity index (χ0n) is 12.9. The maximum absolute atomic E-state index is 12.5. The first-order chi connectivity index (χ1) is 9.28. The molecular weight excluding hydrogens is 250 g/mol. The second-order valence-corrected chi connectivity index (χ2v) is 6.59. The Morgan fingerprint density at radius 3 is 2.30 bits per heavy atom. The quantitative estimate of drug-likeness (QED) is 0.805. The smallest absolute Gasteiger partial charge is 0.230 e. The predicted molar refractivity (Wildman–Crippen MR) is 82.5 cm³/mol. The Bertz CT molecular complexity index is 487. The van der Waals surface area contributed by atoms with Gasteiger partial charge in [-0.3, -0.25) is 4.79 Å². The summed E-state index contributed by atoms with van der Waals surface area (Å²) in [5, 5.41) is 3.11. The molecule has 0 saturated heterocycles. The van der Waals surface area contributed by atoms with Gasteiger partial charge in [0.2, 0.25) is 5.91 Å². The Morgan fingerprint density at radius 1 is 1.30 bits per heavy atom. The molecule has 110 valence electrons. The highest BCUT2D eigenvalue weighted by Crippen LogP contribution is 2.48. The number of likely N-dealkylation sites (N-methyl/N-ethyl adjacent to an activating group) is 1. The fraction of sp³-hybridized carbons (Fsp3) is 0.562. The number of amides is 1. The number of carbonyl (C=O) groups excluding carboxylic acids is 1. The van der Waals surface area contributed by atoms with E-state index in [1.54, 1.807) is 0 Å². The first-order valence-electron chi connectivity index (χ1n) is 7.10. The van der Waals surface area contributed by atoms with Crippen LogP contribution in [0.15, 0.2) is 24.3 Å². The zero-order valence-corrected chi connectivity index (χ0v) is 12.9. The van der Waals surface area contributed by atoms with E-state index < -0.39 is 0 Å². The number of rotatable bonds is 5. The topological polar surface area (TPSA) is 58.4 Å². The van der Waals surface area contributed by atoms with Gasteiger partial charge in [-0.1, -0.05) is 12.1 Å². The summed E-state index contributed by atoms with van der Waals surface area (Å²) in [5.74, 6) is 0.136. The minimum absolute atomic E-state index is 0.0488. The summed E-state index contributed by atoms with van der Waals surface area (Å²) in [5.41, 5.74) is 7.15. The lowest BCUT2D eigenvalue weighted by Crippen LogP contribution is -2.50. The molecule has 0 unspecified atom stereocenters. The number of nitrogen functional groups attached to an aromatic ring is 1. The van der Waals surface area contributed by atoms with Crippen LogP contribution < -0.4 is 11.1 Å². The van der Waals surface area contributed by atoms with Crippen LogP contribution in [0.1, 0.15) is 32.3 Å². The average Bonchev–Trinajstić information content (AvgIpc) is 3.18. The third kappa shape index (κ3) is 2.80. The van der Waals surface area contributed by atoms with E-state index in [1.807, 2.05) is 38.4 Å². The van der Waals surface area contributed by atoms with Gasteiger partial charge in [0.05, 0.1) is 5.41 Å². The van der Waals surface area contributed by atoms with Crippen molar-refractivity contribution < 1.29 is 4.79 Å². The van der Waals surface area contributed by atoms with Crippen molar-refractivity contribution in [3.63, 3.8) is 0 Å². The summed E-state index contributed by atoms with van der Waals surface area (Å²) in [7, 11) is 4.05. The summed E-state index contributed by atoms with van der Waals surface area (Å²) in [6.45, 7) is 4.89. The van der Waals surface area contributed by atoms with Gasteiger partial charge in [0, 0.05) is 17.8 Å². The van der Waals surface area contributed by atoms with E-state index >= 15 is 0 Å². The van der Waals surface area contributed by atoms with Crippen molar-refractivity contribution in [2.45, 2.75) is 37.6 Å². The lowest BCUT2D eigenvalue weighted by Gasteiger charge is -2.33. The van der Waals surface area contributed by atoms with Gasteiger partial charge in [-0.15, -0.1) is 0 Å². The molecule has 1 aromatic carbocycles. The van der Waals surface area contributed by atoms with E-state index in [0.717, 1.165) is 24.1 Å². The van der Waals surface area contributed by atoms with Crippen molar-refractivity contribution in [1.82, 2.24) is 10.2 Å². The second-order valence-electron chi connectivity index (χ2n) is 6.59. The van der Waals surface area contributed by atoms with Crippen molar-refractivity contribution in [3.8, 4) is 0 Å². The first-order valence-corrected chi connectivity index (χ1v) is 7.10. The van der Waals surface area contributed by atoms with Crippen molar-refractivity contribution in [2.75, 3.05) is 26.4 Å². The molecule has 2 rings (SSSR count). The van der Waals surface area contributed by atoms with Gasteiger partial charge in [-0.05, 0) is 58.5 Å². The molecule has 1 amide bonds. The molecule has 4 nitrogen and oxygen atoms in total. The van der Waals surface area contributed by atoms with E-state index in [2.05, 4.69) is 24.1 Å². The first kappa shape index (κ1) is 14.9. The highest BCUT2D eigenvalue weighted by atomic mass is 16.2. The Labute approximate surface area is 121 Å². The third-order valence-electron chi connectivity index (χ3n) is 4.54. The van der Waals surface area contributed by atoms with Gasteiger partial charge < -0.3 is 16.0 Å². The van der Waals surface area contributed by atoms with Crippen molar-refractivity contribution in [3.05, 3.63) is 29.8 Å². The van der Waals surface area contributed by atoms with Crippen LogP contribution in [0.25, 0.3) is 0 Å². The summed E-state index contributed by atoms with van der Waals surface area (Å²) in [6, 6.07) is 7.68. The van der Waals surface area contributed by atoms with E-state index in [4.69, 9.17) is 5.73 Å². The predicted octanol–water partition coefficient (Wildman–Crippen LogP) is 1.76. The molecule has 3 N–H and O–H groups in total. The molecule has 1 fully saturated rings. The number of nitrogens with one attached hydrogen (secondary N) is 1. The van der Waals surface area contributed by atoms with Gasteiger partial charge in [0.15, 0.2) is 0 Å². The molecule has 1 saturated carbocycles. The summed E-state index contributed by atoms with van der Waals surface area (Å²) >= 11 is 0. The zero-order chi connectivity index (χ0) is 15.0. The van der Waals surface area contributed by atoms with E-state index in [0.29, 0.717) is 6.54 Å². The molecule has 0 aromatic heterocycles. The molecule has 0 aliphatic heterocycles. The molecule has 0 bridgehead atoms. The monoisotopic (exact) mass is 275 g/mol. The fourth-order valence-corrected chi connectivity index (χ4v) is 2.20. The van der Waals surface area contributed by atoms with E-state index in [9.17, 15) is 4.79 Å². The number of benzene rings is 1. The molecule has 1 aliphatic rings. The van der Waals surface area contributed by atoms with Crippen molar-refractivity contribution in [1.29, 1.82) is 0 Å². The van der Waals surface area contributed by atoms with Crippen LogP contribution in [0.5, 0.6) is 0 Å². The fourth-order valence-electron chi connectivity index (χ4n) is 2.20. The minimum atomic E-state index is -0.323. The molecule has 0 heterocycles. The summed E-state index contributed by atoms with van der Waals surface area (Å²) in [4.78, 5) is 14.6. The van der Waals surface area contributed by atoms with Crippen LogP contribution in [0, 0.1) is 0 Å². The number of carbonyl (C=O) groups is 1. The molecule has 0 radical (unpaired) electrons. The number of anilines is 1. The molecule has 1 aliphatic carbocycles. The second kappa shape index (κ2) is 5.09.